The fourth-order valence-corrected chi connectivity index (χ4v) is 2.13. The number of hydrogen-bond acceptors (Lipinski definition) is 4. The van der Waals surface area contributed by atoms with Crippen LogP contribution in [0.25, 0.3) is 0 Å². The lowest BCUT2D eigenvalue weighted by atomic mass is 10.2. The maximum absolute atomic E-state index is 11.7. The topological polar surface area (TPSA) is 84.9 Å². The third-order valence-corrected chi connectivity index (χ3v) is 3.47. The number of rotatable bonds is 9. The highest BCUT2D eigenvalue weighted by molar-refractivity contribution is 5.79. The molecule has 0 aromatic heterocycles. The summed E-state index contributed by atoms with van der Waals surface area (Å²) in [4.78, 5) is 23.0. The van der Waals surface area contributed by atoms with Crippen molar-refractivity contribution >= 4 is 12.1 Å². The van der Waals surface area contributed by atoms with E-state index in [1.807, 2.05) is 60.7 Å². The van der Waals surface area contributed by atoms with Gasteiger partial charge in [-0.15, -0.1) is 0 Å². The maximum Gasteiger partial charge on any atom is 0.408 e. The van der Waals surface area contributed by atoms with E-state index in [0.717, 1.165) is 11.1 Å². The number of benzene rings is 2. The van der Waals surface area contributed by atoms with Gasteiger partial charge in [-0.25, -0.2) is 9.59 Å². The van der Waals surface area contributed by atoms with Gasteiger partial charge in [0.05, 0.1) is 6.61 Å². The Hall–Kier alpha value is -2.86. The molecule has 0 bridgehead atoms. The Morgan fingerprint density at radius 2 is 1.48 bits per heavy atom. The van der Waals surface area contributed by atoms with Gasteiger partial charge in [0, 0.05) is 13.0 Å². The number of hydrogen-bond donors (Lipinski definition) is 2. The van der Waals surface area contributed by atoms with Crippen LogP contribution in [0.15, 0.2) is 60.7 Å². The number of nitrogens with one attached hydrogen (secondary N) is 1. The first-order chi connectivity index (χ1) is 12.1. The van der Waals surface area contributed by atoms with Crippen LogP contribution in [-0.2, 0) is 27.5 Å². The van der Waals surface area contributed by atoms with E-state index in [1.54, 1.807) is 0 Å². The smallest absolute Gasteiger partial charge is 0.408 e. The van der Waals surface area contributed by atoms with Crippen molar-refractivity contribution in [3.05, 3.63) is 71.8 Å². The SMILES string of the molecule is O=C(N[C@@H](CCOCc1ccccc1)C(=O)O)OCc1ccccc1. The standard InChI is InChI=1S/C19H21NO5/c21-18(22)17(11-12-24-13-15-7-3-1-4-8-15)20-19(23)25-14-16-9-5-2-6-10-16/h1-10,17H,11-14H2,(H,20,23)(H,21,22)/t17-/m0/s1. The van der Waals surface area contributed by atoms with Gasteiger partial charge >= 0.3 is 12.1 Å². The van der Waals surface area contributed by atoms with Crippen LogP contribution in [0.2, 0.25) is 0 Å². The van der Waals surface area contributed by atoms with Gasteiger partial charge in [-0.1, -0.05) is 60.7 Å². The molecule has 0 aliphatic heterocycles. The van der Waals surface area contributed by atoms with E-state index in [2.05, 4.69) is 5.32 Å². The summed E-state index contributed by atoms with van der Waals surface area (Å²) in [6.45, 7) is 0.694. The summed E-state index contributed by atoms with van der Waals surface area (Å²) in [5.41, 5.74) is 1.83. The average Bonchev–Trinajstić information content (AvgIpc) is 2.64. The van der Waals surface area contributed by atoms with Crippen LogP contribution in [-0.4, -0.2) is 29.8 Å². The van der Waals surface area contributed by atoms with Gasteiger partial charge in [-0.3, -0.25) is 0 Å². The minimum atomic E-state index is -1.13. The second-order valence-corrected chi connectivity index (χ2v) is 5.42. The van der Waals surface area contributed by atoms with E-state index in [0.29, 0.717) is 6.61 Å². The number of aliphatic carboxylic acids is 1. The lowest BCUT2D eigenvalue weighted by Gasteiger charge is -2.14. The third-order valence-electron chi connectivity index (χ3n) is 3.47. The molecule has 0 saturated heterocycles. The molecule has 132 valence electrons. The second kappa shape index (κ2) is 10.1. The van der Waals surface area contributed by atoms with Crippen molar-refractivity contribution < 1.29 is 24.2 Å². The largest absolute Gasteiger partial charge is 0.480 e. The number of alkyl carbamates (subject to hydrolysis) is 1. The highest BCUT2D eigenvalue weighted by atomic mass is 16.5. The summed E-state index contributed by atoms with van der Waals surface area (Å²) in [5, 5.41) is 11.5. The quantitative estimate of drug-likeness (QED) is 0.684. The van der Waals surface area contributed by atoms with Crippen molar-refractivity contribution in [1.82, 2.24) is 5.32 Å². The predicted octanol–water partition coefficient (Wildman–Crippen LogP) is 2.97. The molecule has 25 heavy (non-hydrogen) atoms. The van der Waals surface area contributed by atoms with Crippen molar-refractivity contribution in [2.75, 3.05) is 6.61 Å². The highest BCUT2D eigenvalue weighted by Crippen LogP contribution is 2.04. The first-order valence-electron chi connectivity index (χ1n) is 7.97. The van der Waals surface area contributed by atoms with E-state index in [4.69, 9.17) is 9.47 Å². The molecule has 2 N–H and O–H groups in total. The van der Waals surface area contributed by atoms with Crippen LogP contribution in [0.5, 0.6) is 0 Å². The molecule has 1 atom stereocenters. The Morgan fingerprint density at radius 1 is 0.920 bits per heavy atom. The lowest BCUT2D eigenvalue weighted by molar-refractivity contribution is -0.139. The van der Waals surface area contributed by atoms with Gasteiger partial charge in [-0.05, 0) is 11.1 Å². The Kier molecular flexibility index (Phi) is 7.46. The van der Waals surface area contributed by atoms with E-state index in [9.17, 15) is 14.7 Å². The van der Waals surface area contributed by atoms with Crippen molar-refractivity contribution in [2.24, 2.45) is 0 Å². The molecule has 0 spiro atoms. The summed E-state index contributed by atoms with van der Waals surface area (Å²) in [6, 6.07) is 17.7. The second-order valence-electron chi connectivity index (χ2n) is 5.42. The van der Waals surface area contributed by atoms with E-state index < -0.39 is 18.1 Å². The molecule has 0 heterocycles. The van der Waals surface area contributed by atoms with Gasteiger partial charge in [-0.2, -0.15) is 0 Å². The fraction of sp³-hybridized carbons (Fsp3) is 0.263. The van der Waals surface area contributed by atoms with Gasteiger partial charge in [0.1, 0.15) is 12.6 Å². The molecule has 0 fully saturated rings. The van der Waals surface area contributed by atoms with Crippen LogP contribution in [0, 0.1) is 0 Å². The summed E-state index contributed by atoms with van der Waals surface area (Å²) in [6.07, 6.45) is -0.609. The molecule has 0 aliphatic carbocycles. The van der Waals surface area contributed by atoms with Gasteiger partial charge in [0.25, 0.3) is 0 Å². The van der Waals surface area contributed by atoms with E-state index in [-0.39, 0.29) is 19.6 Å². The molecular formula is C19H21NO5. The van der Waals surface area contributed by atoms with Crippen molar-refractivity contribution in [3.8, 4) is 0 Å². The van der Waals surface area contributed by atoms with Crippen LogP contribution in [0.4, 0.5) is 4.79 Å². The number of carboxylic acids is 1. The third kappa shape index (κ3) is 7.05. The van der Waals surface area contributed by atoms with Crippen LogP contribution in [0.3, 0.4) is 0 Å². The molecule has 6 heteroatoms. The minimum Gasteiger partial charge on any atom is -0.480 e. The molecule has 0 aliphatic rings. The van der Waals surface area contributed by atoms with E-state index in [1.165, 1.54) is 0 Å². The number of amides is 1. The Morgan fingerprint density at radius 3 is 2.04 bits per heavy atom. The molecule has 0 radical (unpaired) electrons. The Labute approximate surface area is 146 Å². The zero-order valence-corrected chi connectivity index (χ0v) is 13.8. The van der Waals surface area contributed by atoms with Gasteiger partial charge < -0.3 is 19.9 Å². The summed E-state index contributed by atoms with van der Waals surface area (Å²) in [5.74, 6) is -1.13. The van der Waals surface area contributed by atoms with Gasteiger partial charge in [0.15, 0.2) is 0 Å². The lowest BCUT2D eigenvalue weighted by Crippen LogP contribution is -2.41. The normalized spacial score (nSPS) is 11.5. The maximum atomic E-state index is 11.7. The number of carbonyl (C=O) groups excluding carboxylic acids is 1. The van der Waals surface area contributed by atoms with E-state index >= 15 is 0 Å². The van der Waals surface area contributed by atoms with Crippen LogP contribution < -0.4 is 5.32 Å². The Balaban J connectivity index is 1.70. The predicted molar refractivity (Wildman–Crippen MR) is 91.9 cm³/mol. The molecule has 0 unspecified atom stereocenters. The van der Waals surface area contributed by atoms with Crippen molar-refractivity contribution in [3.63, 3.8) is 0 Å². The minimum absolute atomic E-state index is 0.0868. The van der Waals surface area contributed by atoms with Crippen LogP contribution >= 0.6 is 0 Å². The molecular weight excluding hydrogens is 322 g/mol. The Bertz CT molecular complexity index is 660. The molecule has 2 aromatic rings. The first-order valence-corrected chi connectivity index (χ1v) is 7.97. The molecule has 6 nitrogen and oxygen atoms in total. The molecule has 2 aromatic carbocycles. The summed E-state index contributed by atoms with van der Waals surface area (Å²) >= 11 is 0. The van der Waals surface area contributed by atoms with Crippen LogP contribution in [0.1, 0.15) is 17.5 Å². The highest BCUT2D eigenvalue weighted by Gasteiger charge is 2.20. The molecule has 1 amide bonds. The number of carboxylic acid groups (broad SMARTS) is 1. The average molecular weight is 343 g/mol. The van der Waals surface area contributed by atoms with Crippen molar-refractivity contribution in [1.29, 1.82) is 0 Å². The zero-order chi connectivity index (χ0) is 17.9. The van der Waals surface area contributed by atoms with Gasteiger partial charge in [0.2, 0.25) is 0 Å². The fourth-order valence-electron chi connectivity index (χ4n) is 2.13. The molecule has 2 rings (SSSR count). The summed E-state index contributed by atoms with van der Waals surface area (Å²) < 4.78 is 10.5. The zero-order valence-electron chi connectivity index (χ0n) is 13.8. The molecule has 0 saturated carbocycles. The summed E-state index contributed by atoms with van der Waals surface area (Å²) in [7, 11) is 0. The number of carbonyl (C=O) groups is 2. The first kappa shape index (κ1) is 18.5. The van der Waals surface area contributed by atoms with Crippen molar-refractivity contribution in [2.45, 2.75) is 25.7 Å². The number of ether oxygens (including phenoxy) is 2. The monoisotopic (exact) mass is 343 g/mol.